The fourth-order valence-corrected chi connectivity index (χ4v) is 1.19. The molecule has 1 aromatic heterocycles. The highest BCUT2D eigenvalue weighted by molar-refractivity contribution is 5.75. The van der Waals surface area contributed by atoms with E-state index in [4.69, 9.17) is 10.5 Å². The van der Waals surface area contributed by atoms with Gasteiger partial charge in [-0.05, 0) is 18.1 Å². The SMILES string of the molecule is CC(C)[C@H](N)C(=O)OCc1ccc(C(F)(F)F)cn1. The van der Waals surface area contributed by atoms with Gasteiger partial charge in [-0.15, -0.1) is 0 Å². The fraction of sp³-hybridized carbons (Fsp3) is 0.500. The van der Waals surface area contributed by atoms with Gasteiger partial charge in [0.1, 0.15) is 12.6 Å². The van der Waals surface area contributed by atoms with E-state index in [-0.39, 0.29) is 18.2 Å². The Morgan fingerprint density at radius 1 is 1.42 bits per heavy atom. The molecule has 1 heterocycles. The van der Waals surface area contributed by atoms with Gasteiger partial charge >= 0.3 is 12.1 Å². The zero-order valence-electron chi connectivity index (χ0n) is 10.6. The third-order valence-corrected chi connectivity index (χ3v) is 2.50. The van der Waals surface area contributed by atoms with Gasteiger partial charge in [-0.2, -0.15) is 13.2 Å². The van der Waals surface area contributed by atoms with Gasteiger partial charge in [-0.25, -0.2) is 0 Å². The molecule has 0 aliphatic heterocycles. The highest BCUT2D eigenvalue weighted by Crippen LogP contribution is 2.28. The monoisotopic (exact) mass is 276 g/mol. The predicted molar refractivity (Wildman–Crippen MR) is 61.8 cm³/mol. The summed E-state index contributed by atoms with van der Waals surface area (Å²) < 4.78 is 41.7. The van der Waals surface area contributed by atoms with Gasteiger partial charge in [0.05, 0.1) is 11.3 Å². The minimum Gasteiger partial charge on any atom is -0.458 e. The number of nitrogens with zero attached hydrogens (tertiary/aromatic N) is 1. The second kappa shape index (κ2) is 6.01. The number of hydrogen-bond donors (Lipinski definition) is 1. The summed E-state index contributed by atoms with van der Waals surface area (Å²) in [6.07, 6.45) is -3.73. The minimum atomic E-state index is -4.43. The fourth-order valence-electron chi connectivity index (χ4n) is 1.19. The van der Waals surface area contributed by atoms with Crippen LogP contribution in [0.3, 0.4) is 0 Å². The van der Waals surface area contributed by atoms with Crippen molar-refractivity contribution >= 4 is 5.97 Å². The zero-order chi connectivity index (χ0) is 14.6. The van der Waals surface area contributed by atoms with Crippen molar-refractivity contribution in [2.45, 2.75) is 32.7 Å². The number of alkyl halides is 3. The molecule has 0 amide bonds. The van der Waals surface area contributed by atoms with Crippen molar-refractivity contribution < 1.29 is 22.7 Å². The van der Waals surface area contributed by atoms with Crippen molar-refractivity contribution in [1.29, 1.82) is 0 Å². The number of carbonyl (C=O) groups excluding carboxylic acids is 1. The Kier molecular flexibility index (Phi) is 4.88. The van der Waals surface area contributed by atoms with Crippen molar-refractivity contribution in [2.75, 3.05) is 0 Å². The van der Waals surface area contributed by atoms with Crippen LogP contribution >= 0.6 is 0 Å². The largest absolute Gasteiger partial charge is 0.458 e. The van der Waals surface area contributed by atoms with E-state index < -0.39 is 23.8 Å². The quantitative estimate of drug-likeness (QED) is 0.855. The number of carbonyl (C=O) groups is 1. The van der Waals surface area contributed by atoms with Gasteiger partial charge in [0.25, 0.3) is 0 Å². The summed E-state index contributed by atoms with van der Waals surface area (Å²) in [4.78, 5) is 15.0. The molecule has 0 spiro atoms. The molecule has 0 fully saturated rings. The van der Waals surface area contributed by atoms with E-state index in [1.807, 2.05) is 0 Å². The zero-order valence-corrected chi connectivity index (χ0v) is 10.6. The maximum Gasteiger partial charge on any atom is 0.417 e. The molecule has 7 heteroatoms. The topological polar surface area (TPSA) is 65.2 Å². The maximum atomic E-state index is 12.3. The predicted octanol–water partition coefficient (Wildman–Crippen LogP) is 2.13. The maximum absolute atomic E-state index is 12.3. The van der Waals surface area contributed by atoms with Crippen LogP contribution < -0.4 is 5.73 Å². The standard InChI is InChI=1S/C12H15F3N2O2/c1-7(2)10(16)11(18)19-6-9-4-3-8(5-17-9)12(13,14)15/h3-5,7,10H,6,16H2,1-2H3/t10-/m0/s1. The van der Waals surface area contributed by atoms with E-state index in [9.17, 15) is 18.0 Å². The summed E-state index contributed by atoms with van der Waals surface area (Å²) in [5, 5.41) is 0. The number of pyridine rings is 1. The smallest absolute Gasteiger partial charge is 0.417 e. The molecule has 0 aliphatic rings. The molecule has 0 radical (unpaired) electrons. The molecule has 0 saturated heterocycles. The van der Waals surface area contributed by atoms with Crippen LogP contribution in [0.2, 0.25) is 0 Å². The van der Waals surface area contributed by atoms with Crippen molar-refractivity contribution in [3.05, 3.63) is 29.6 Å². The average Bonchev–Trinajstić information content (AvgIpc) is 2.34. The second-order valence-corrected chi connectivity index (χ2v) is 4.41. The number of aromatic nitrogens is 1. The van der Waals surface area contributed by atoms with Gasteiger partial charge in [-0.3, -0.25) is 9.78 Å². The number of esters is 1. The van der Waals surface area contributed by atoms with E-state index in [2.05, 4.69) is 4.98 Å². The van der Waals surface area contributed by atoms with E-state index in [0.29, 0.717) is 6.20 Å². The van der Waals surface area contributed by atoms with Crippen LogP contribution in [0.15, 0.2) is 18.3 Å². The van der Waals surface area contributed by atoms with Crippen LogP contribution in [0.1, 0.15) is 25.1 Å². The Morgan fingerprint density at radius 2 is 2.05 bits per heavy atom. The third kappa shape index (κ3) is 4.51. The number of hydrogen-bond acceptors (Lipinski definition) is 4. The van der Waals surface area contributed by atoms with Crippen LogP contribution in [0.5, 0.6) is 0 Å². The minimum absolute atomic E-state index is 0.0759. The van der Waals surface area contributed by atoms with Crippen LogP contribution in [0.25, 0.3) is 0 Å². The summed E-state index contributed by atoms with van der Waals surface area (Å²) in [6.45, 7) is 3.34. The van der Waals surface area contributed by atoms with Crippen molar-refractivity contribution in [1.82, 2.24) is 4.98 Å². The summed E-state index contributed by atoms with van der Waals surface area (Å²) in [5.74, 6) is -0.676. The van der Waals surface area contributed by atoms with Crippen LogP contribution in [-0.2, 0) is 22.3 Å². The first kappa shape index (κ1) is 15.4. The van der Waals surface area contributed by atoms with E-state index in [1.54, 1.807) is 13.8 Å². The molecule has 0 aromatic carbocycles. The molecule has 2 N–H and O–H groups in total. The first-order valence-electron chi connectivity index (χ1n) is 5.66. The number of rotatable bonds is 4. The van der Waals surface area contributed by atoms with Gasteiger partial charge in [-0.1, -0.05) is 13.8 Å². The lowest BCUT2D eigenvalue weighted by Crippen LogP contribution is -2.36. The van der Waals surface area contributed by atoms with Gasteiger partial charge in [0, 0.05) is 6.20 Å². The second-order valence-electron chi connectivity index (χ2n) is 4.41. The molecule has 0 unspecified atom stereocenters. The van der Waals surface area contributed by atoms with Crippen molar-refractivity contribution in [3.8, 4) is 0 Å². The first-order valence-corrected chi connectivity index (χ1v) is 5.66. The van der Waals surface area contributed by atoms with Crippen LogP contribution in [0, 0.1) is 5.92 Å². The van der Waals surface area contributed by atoms with E-state index in [0.717, 1.165) is 12.1 Å². The summed E-state index contributed by atoms with van der Waals surface area (Å²) in [5.41, 5.74) is 4.95. The lowest BCUT2D eigenvalue weighted by atomic mass is 10.1. The number of nitrogens with two attached hydrogens (primary N) is 1. The summed E-state index contributed by atoms with van der Waals surface area (Å²) in [6, 6.07) is 1.30. The first-order chi connectivity index (χ1) is 8.71. The highest BCUT2D eigenvalue weighted by atomic mass is 19.4. The Hall–Kier alpha value is -1.63. The molecule has 106 valence electrons. The number of ether oxygens (including phenoxy) is 1. The molecule has 0 aliphatic carbocycles. The van der Waals surface area contributed by atoms with Crippen molar-refractivity contribution in [2.24, 2.45) is 11.7 Å². The van der Waals surface area contributed by atoms with Crippen molar-refractivity contribution in [3.63, 3.8) is 0 Å². The summed E-state index contributed by atoms with van der Waals surface area (Å²) in [7, 11) is 0. The third-order valence-electron chi connectivity index (χ3n) is 2.50. The van der Waals surface area contributed by atoms with E-state index in [1.165, 1.54) is 0 Å². The highest BCUT2D eigenvalue weighted by Gasteiger charge is 2.30. The Balaban J connectivity index is 2.58. The van der Waals surface area contributed by atoms with E-state index >= 15 is 0 Å². The van der Waals surface area contributed by atoms with Gasteiger partial charge in [0.15, 0.2) is 0 Å². The molecule has 1 atom stereocenters. The Labute approximate surface area is 108 Å². The van der Waals surface area contributed by atoms with Crippen LogP contribution in [-0.4, -0.2) is 17.0 Å². The molecule has 4 nitrogen and oxygen atoms in total. The summed E-state index contributed by atoms with van der Waals surface area (Å²) >= 11 is 0. The number of halogens is 3. The molecule has 19 heavy (non-hydrogen) atoms. The molecular weight excluding hydrogens is 261 g/mol. The molecule has 0 bridgehead atoms. The van der Waals surface area contributed by atoms with Crippen LogP contribution in [0.4, 0.5) is 13.2 Å². The Morgan fingerprint density at radius 3 is 2.47 bits per heavy atom. The van der Waals surface area contributed by atoms with Gasteiger partial charge < -0.3 is 10.5 Å². The normalized spacial score (nSPS) is 13.4. The average molecular weight is 276 g/mol. The lowest BCUT2D eigenvalue weighted by molar-refractivity contribution is -0.147. The molecule has 0 saturated carbocycles. The van der Waals surface area contributed by atoms with Gasteiger partial charge in [0.2, 0.25) is 0 Å². The lowest BCUT2D eigenvalue weighted by Gasteiger charge is -2.14. The molecular formula is C12H15F3N2O2. The molecule has 1 rings (SSSR count). The Bertz CT molecular complexity index is 430. The molecule has 1 aromatic rings.